The van der Waals surface area contributed by atoms with Crippen LogP contribution in [0.25, 0.3) is 0 Å². The number of piperidine rings is 1. The largest absolute Gasteiger partial charge is 0.369 e. The molecule has 1 aromatic rings. The van der Waals surface area contributed by atoms with Gasteiger partial charge in [-0.15, -0.1) is 6.42 Å². The van der Waals surface area contributed by atoms with Crippen molar-refractivity contribution >= 4 is 5.91 Å². The number of rotatable bonds is 4. The molecule has 0 radical (unpaired) electrons. The van der Waals surface area contributed by atoms with E-state index in [9.17, 15) is 4.79 Å². The van der Waals surface area contributed by atoms with Crippen molar-refractivity contribution in [3.8, 4) is 12.3 Å². The van der Waals surface area contributed by atoms with Gasteiger partial charge in [-0.25, -0.2) is 0 Å². The number of terminal acetylenes is 1. The normalized spacial score (nSPS) is 16.3. The minimum absolute atomic E-state index is 0.0583. The second-order valence-corrected chi connectivity index (χ2v) is 4.79. The van der Waals surface area contributed by atoms with Gasteiger partial charge in [0.1, 0.15) is 12.3 Å². The van der Waals surface area contributed by atoms with Crippen molar-refractivity contribution in [1.29, 1.82) is 0 Å². The van der Waals surface area contributed by atoms with E-state index in [0.29, 0.717) is 24.8 Å². The fraction of sp³-hybridized carbons (Fsp3) is 0.571. The predicted molar refractivity (Wildman–Crippen MR) is 71.5 cm³/mol. The second kappa shape index (κ2) is 6.39. The highest BCUT2D eigenvalue weighted by molar-refractivity contribution is 5.92. The number of carbonyl (C=O) groups is 1. The minimum Gasteiger partial charge on any atom is -0.369 e. The van der Waals surface area contributed by atoms with Crippen LogP contribution in [-0.2, 0) is 11.8 Å². The van der Waals surface area contributed by atoms with Crippen LogP contribution in [0.3, 0.4) is 0 Å². The van der Waals surface area contributed by atoms with Gasteiger partial charge in [0.05, 0.1) is 6.61 Å². The molecule has 1 aliphatic rings. The lowest BCUT2D eigenvalue weighted by Gasteiger charge is -2.31. The Morgan fingerprint density at radius 1 is 1.58 bits per heavy atom. The molecule has 2 rings (SSSR count). The number of hydrogen-bond donors (Lipinski definition) is 0. The van der Waals surface area contributed by atoms with Crippen molar-refractivity contribution in [1.82, 2.24) is 14.7 Å². The van der Waals surface area contributed by atoms with Crippen molar-refractivity contribution in [2.24, 2.45) is 13.0 Å². The number of likely N-dealkylation sites (tertiary alicyclic amines) is 1. The van der Waals surface area contributed by atoms with Gasteiger partial charge in [-0.2, -0.15) is 5.10 Å². The van der Waals surface area contributed by atoms with E-state index >= 15 is 0 Å². The monoisotopic (exact) mass is 261 g/mol. The van der Waals surface area contributed by atoms with Crippen LogP contribution in [0.2, 0.25) is 0 Å². The predicted octanol–water partition coefficient (Wildman–Crippen LogP) is 0.922. The van der Waals surface area contributed by atoms with Gasteiger partial charge in [0.25, 0.3) is 5.91 Å². The molecule has 0 unspecified atom stereocenters. The third-order valence-corrected chi connectivity index (χ3v) is 3.48. The van der Waals surface area contributed by atoms with Gasteiger partial charge >= 0.3 is 0 Å². The molecule has 1 aromatic heterocycles. The number of hydrogen-bond acceptors (Lipinski definition) is 3. The number of aromatic nitrogens is 2. The summed E-state index contributed by atoms with van der Waals surface area (Å²) >= 11 is 0. The Balaban J connectivity index is 1.82. The highest BCUT2D eigenvalue weighted by Crippen LogP contribution is 2.19. The molecule has 5 heteroatoms. The standard InChI is InChI=1S/C14H19N3O2/c1-3-10-19-11-12-5-8-17(9-6-12)14(18)13-4-7-15-16(13)2/h1,4,7,12H,5-6,8-11H2,2H3. The van der Waals surface area contributed by atoms with Gasteiger partial charge in [-0.3, -0.25) is 9.48 Å². The van der Waals surface area contributed by atoms with E-state index < -0.39 is 0 Å². The quantitative estimate of drug-likeness (QED) is 0.598. The molecule has 0 bridgehead atoms. The number of amides is 1. The first-order chi connectivity index (χ1) is 9.22. The van der Waals surface area contributed by atoms with E-state index in [-0.39, 0.29) is 5.91 Å². The van der Waals surface area contributed by atoms with Gasteiger partial charge in [0, 0.05) is 26.3 Å². The second-order valence-electron chi connectivity index (χ2n) is 4.79. The van der Waals surface area contributed by atoms with Gasteiger partial charge < -0.3 is 9.64 Å². The first kappa shape index (κ1) is 13.6. The maximum atomic E-state index is 12.3. The Kier molecular flexibility index (Phi) is 4.58. The van der Waals surface area contributed by atoms with Crippen molar-refractivity contribution < 1.29 is 9.53 Å². The lowest BCUT2D eigenvalue weighted by atomic mass is 9.97. The Morgan fingerprint density at radius 2 is 2.32 bits per heavy atom. The molecule has 5 nitrogen and oxygen atoms in total. The molecule has 0 saturated carbocycles. The van der Waals surface area contributed by atoms with Crippen molar-refractivity contribution in [2.75, 3.05) is 26.3 Å². The number of ether oxygens (including phenoxy) is 1. The Morgan fingerprint density at radius 3 is 2.89 bits per heavy atom. The molecule has 0 N–H and O–H groups in total. The van der Waals surface area contributed by atoms with Crippen molar-refractivity contribution in [3.63, 3.8) is 0 Å². The highest BCUT2D eigenvalue weighted by atomic mass is 16.5. The Hall–Kier alpha value is -1.80. The lowest BCUT2D eigenvalue weighted by molar-refractivity contribution is 0.0573. The maximum Gasteiger partial charge on any atom is 0.272 e. The molecule has 0 aliphatic carbocycles. The third kappa shape index (κ3) is 3.36. The summed E-state index contributed by atoms with van der Waals surface area (Å²) in [5, 5.41) is 4.03. The summed E-state index contributed by atoms with van der Waals surface area (Å²) in [5.41, 5.74) is 0.641. The van der Waals surface area contributed by atoms with Crippen molar-refractivity contribution in [3.05, 3.63) is 18.0 Å². The number of nitrogens with zero attached hydrogens (tertiary/aromatic N) is 3. The summed E-state index contributed by atoms with van der Waals surface area (Å²) < 4.78 is 6.97. The maximum absolute atomic E-state index is 12.3. The van der Waals surface area contributed by atoms with Gasteiger partial charge in [0.15, 0.2) is 0 Å². The van der Waals surface area contributed by atoms with E-state index in [1.165, 1.54) is 0 Å². The third-order valence-electron chi connectivity index (χ3n) is 3.48. The summed E-state index contributed by atoms with van der Waals surface area (Å²) in [4.78, 5) is 14.1. The molecule has 0 aromatic carbocycles. The minimum atomic E-state index is 0.0583. The molecule has 0 atom stereocenters. The van der Waals surface area contributed by atoms with Gasteiger partial charge in [-0.1, -0.05) is 5.92 Å². The van der Waals surface area contributed by atoms with Gasteiger partial charge in [0.2, 0.25) is 0 Å². The zero-order valence-corrected chi connectivity index (χ0v) is 11.2. The molecule has 1 saturated heterocycles. The summed E-state index contributed by atoms with van der Waals surface area (Å²) in [6, 6.07) is 1.75. The average Bonchev–Trinajstić information content (AvgIpc) is 2.85. The van der Waals surface area contributed by atoms with Crippen molar-refractivity contribution in [2.45, 2.75) is 12.8 Å². The molecular formula is C14H19N3O2. The highest BCUT2D eigenvalue weighted by Gasteiger charge is 2.24. The molecule has 1 amide bonds. The molecule has 2 heterocycles. The molecular weight excluding hydrogens is 242 g/mol. The van der Waals surface area contributed by atoms with E-state index in [1.807, 2.05) is 4.90 Å². The van der Waals surface area contributed by atoms with Crippen LogP contribution in [-0.4, -0.2) is 46.9 Å². The first-order valence-electron chi connectivity index (χ1n) is 6.51. The van der Waals surface area contributed by atoms with E-state index in [2.05, 4.69) is 11.0 Å². The zero-order chi connectivity index (χ0) is 13.7. The summed E-state index contributed by atoms with van der Waals surface area (Å²) in [6.07, 6.45) is 8.72. The topological polar surface area (TPSA) is 47.4 Å². The van der Waals surface area contributed by atoms with Crippen LogP contribution < -0.4 is 0 Å². The van der Waals surface area contributed by atoms with E-state index in [1.54, 1.807) is 24.0 Å². The summed E-state index contributed by atoms with van der Waals surface area (Å²) in [5.74, 6) is 3.02. The summed E-state index contributed by atoms with van der Waals surface area (Å²) in [6.45, 7) is 2.61. The fourth-order valence-corrected chi connectivity index (χ4v) is 2.33. The van der Waals surface area contributed by atoms with E-state index in [4.69, 9.17) is 11.2 Å². The number of carbonyl (C=O) groups excluding carboxylic acids is 1. The van der Waals surface area contributed by atoms with E-state index in [0.717, 1.165) is 25.9 Å². The Bertz CT molecular complexity index is 467. The Labute approximate surface area is 113 Å². The SMILES string of the molecule is C#CCOCC1CCN(C(=O)c2ccnn2C)CC1. The zero-order valence-electron chi connectivity index (χ0n) is 11.2. The van der Waals surface area contributed by atoms with Gasteiger partial charge in [-0.05, 0) is 24.8 Å². The lowest BCUT2D eigenvalue weighted by Crippen LogP contribution is -2.40. The fourth-order valence-electron chi connectivity index (χ4n) is 2.33. The molecule has 0 spiro atoms. The smallest absolute Gasteiger partial charge is 0.272 e. The van der Waals surface area contributed by atoms with Crippen LogP contribution >= 0.6 is 0 Å². The van der Waals surface area contributed by atoms with Crippen LogP contribution in [0, 0.1) is 18.3 Å². The molecule has 1 aliphatic heterocycles. The van der Waals surface area contributed by atoms with Crippen LogP contribution in [0.15, 0.2) is 12.3 Å². The number of aryl methyl sites for hydroxylation is 1. The average molecular weight is 261 g/mol. The molecule has 19 heavy (non-hydrogen) atoms. The molecule has 102 valence electrons. The summed E-state index contributed by atoms with van der Waals surface area (Å²) in [7, 11) is 1.79. The first-order valence-corrected chi connectivity index (χ1v) is 6.51. The van der Waals surface area contributed by atoms with Crippen LogP contribution in [0.4, 0.5) is 0 Å². The van der Waals surface area contributed by atoms with Crippen LogP contribution in [0.5, 0.6) is 0 Å². The molecule has 1 fully saturated rings. The van der Waals surface area contributed by atoms with Crippen LogP contribution in [0.1, 0.15) is 23.3 Å².